The summed E-state index contributed by atoms with van der Waals surface area (Å²) in [5, 5.41) is 12.4. The Morgan fingerprint density at radius 1 is 1.45 bits per heavy atom. The second-order valence-electron chi connectivity index (χ2n) is 5.34. The molecule has 0 bridgehead atoms. The minimum absolute atomic E-state index is 0.163. The van der Waals surface area contributed by atoms with Gasteiger partial charge in [-0.1, -0.05) is 30.5 Å². The smallest absolute Gasteiger partial charge is 0.308 e. The number of halogens is 1. The topological polar surface area (TPSA) is 66.4 Å². The lowest BCUT2D eigenvalue weighted by Gasteiger charge is -2.14. The molecule has 1 fully saturated rings. The number of benzene rings is 1. The molecular formula is C15H18ClNO3. The van der Waals surface area contributed by atoms with E-state index in [2.05, 4.69) is 5.32 Å². The lowest BCUT2D eigenvalue weighted by Crippen LogP contribution is -2.33. The quantitative estimate of drug-likeness (QED) is 0.848. The molecule has 0 spiro atoms. The maximum Gasteiger partial charge on any atom is 0.308 e. The van der Waals surface area contributed by atoms with E-state index in [-0.39, 0.29) is 12.5 Å². The largest absolute Gasteiger partial charge is 0.481 e. The summed E-state index contributed by atoms with van der Waals surface area (Å²) in [5.41, 5.74) is 1.20. The number of aliphatic carboxylic acids is 1. The van der Waals surface area contributed by atoms with Gasteiger partial charge in [0.2, 0.25) is 0 Å². The van der Waals surface area contributed by atoms with Gasteiger partial charge in [0.1, 0.15) is 0 Å². The van der Waals surface area contributed by atoms with Gasteiger partial charge in [-0.3, -0.25) is 9.59 Å². The molecule has 108 valence electrons. The third kappa shape index (κ3) is 3.73. The Labute approximate surface area is 123 Å². The predicted molar refractivity (Wildman–Crippen MR) is 77.0 cm³/mol. The summed E-state index contributed by atoms with van der Waals surface area (Å²) in [6.45, 7) is 1.94. The van der Waals surface area contributed by atoms with E-state index in [1.54, 1.807) is 25.1 Å². The van der Waals surface area contributed by atoms with Crippen molar-refractivity contribution in [2.24, 2.45) is 11.8 Å². The van der Waals surface area contributed by atoms with Gasteiger partial charge in [-0.25, -0.2) is 0 Å². The molecule has 1 aliphatic rings. The molecule has 1 aromatic rings. The molecule has 20 heavy (non-hydrogen) atoms. The third-order valence-electron chi connectivity index (χ3n) is 3.69. The molecule has 1 unspecified atom stereocenters. The van der Waals surface area contributed by atoms with Crippen LogP contribution in [0.25, 0.3) is 0 Å². The van der Waals surface area contributed by atoms with Crippen LogP contribution in [-0.2, 0) is 4.79 Å². The van der Waals surface area contributed by atoms with Crippen molar-refractivity contribution in [2.45, 2.75) is 26.2 Å². The average molecular weight is 296 g/mol. The highest BCUT2D eigenvalue weighted by Gasteiger charge is 2.29. The second kappa shape index (κ2) is 6.27. The van der Waals surface area contributed by atoms with Gasteiger partial charge in [0.15, 0.2) is 0 Å². The molecule has 0 aliphatic heterocycles. The number of hydrogen-bond donors (Lipinski definition) is 2. The number of rotatable bonds is 6. The molecule has 5 heteroatoms. The van der Waals surface area contributed by atoms with E-state index < -0.39 is 11.9 Å². The van der Waals surface area contributed by atoms with Crippen molar-refractivity contribution in [3.05, 3.63) is 34.3 Å². The standard InChI is InChI=1S/C15H18ClNO3/c1-9-12(3-2-4-13(9)16)14(18)17-8-11(15(19)20)7-10-5-6-10/h2-4,10-11H,5-8H2,1H3,(H,17,18)(H,19,20). The first kappa shape index (κ1) is 14.9. The zero-order valence-corrected chi connectivity index (χ0v) is 12.1. The highest BCUT2D eigenvalue weighted by Crippen LogP contribution is 2.35. The number of hydrogen-bond acceptors (Lipinski definition) is 2. The van der Waals surface area contributed by atoms with Crippen LogP contribution < -0.4 is 5.32 Å². The zero-order valence-electron chi connectivity index (χ0n) is 11.4. The Morgan fingerprint density at radius 3 is 2.75 bits per heavy atom. The fourth-order valence-electron chi connectivity index (χ4n) is 2.19. The van der Waals surface area contributed by atoms with Gasteiger partial charge in [0.25, 0.3) is 5.91 Å². The van der Waals surface area contributed by atoms with Crippen molar-refractivity contribution in [1.82, 2.24) is 5.32 Å². The van der Waals surface area contributed by atoms with E-state index in [0.717, 1.165) is 12.8 Å². The zero-order chi connectivity index (χ0) is 14.7. The Morgan fingerprint density at radius 2 is 2.15 bits per heavy atom. The third-order valence-corrected chi connectivity index (χ3v) is 4.09. The predicted octanol–water partition coefficient (Wildman–Crippen LogP) is 2.88. The van der Waals surface area contributed by atoms with Crippen LogP contribution in [0.5, 0.6) is 0 Å². The van der Waals surface area contributed by atoms with Gasteiger partial charge in [-0.2, -0.15) is 0 Å². The number of carbonyl (C=O) groups excluding carboxylic acids is 1. The summed E-state index contributed by atoms with van der Waals surface area (Å²) in [7, 11) is 0. The minimum Gasteiger partial charge on any atom is -0.481 e. The Balaban J connectivity index is 1.96. The van der Waals surface area contributed by atoms with Crippen molar-refractivity contribution in [1.29, 1.82) is 0 Å². The van der Waals surface area contributed by atoms with Crippen LogP contribution in [0.2, 0.25) is 5.02 Å². The molecule has 4 nitrogen and oxygen atoms in total. The highest BCUT2D eigenvalue weighted by atomic mass is 35.5. The van der Waals surface area contributed by atoms with Crippen molar-refractivity contribution in [2.75, 3.05) is 6.54 Å². The van der Waals surface area contributed by atoms with E-state index in [1.165, 1.54) is 0 Å². The normalized spacial score (nSPS) is 15.7. The molecule has 0 radical (unpaired) electrons. The van der Waals surface area contributed by atoms with Crippen molar-refractivity contribution < 1.29 is 14.7 Å². The monoisotopic (exact) mass is 295 g/mol. The summed E-state index contributed by atoms with van der Waals surface area (Å²) in [4.78, 5) is 23.2. The van der Waals surface area contributed by atoms with Crippen LogP contribution in [-0.4, -0.2) is 23.5 Å². The summed E-state index contributed by atoms with van der Waals surface area (Å²) < 4.78 is 0. The minimum atomic E-state index is -0.847. The molecule has 2 rings (SSSR count). The van der Waals surface area contributed by atoms with Gasteiger partial charge >= 0.3 is 5.97 Å². The number of carboxylic acids is 1. The first-order chi connectivity index (χ1) is 9.49. The van der Waals surface area contributed by atoms with E-state index in [4.69, 9.17) is 16.7 Å². The summed E-state index contributed by atoms with van der Waals surface area (Å²) >= 11 is 5.97. The first-order valence-corrected chi connectivity index (χ1v) is 7.13. The van der Waals surface area contributed by atoms with E-state index in [0.29, 0.717) is 28.5 Å². The molecule has 2 N–H and O–H groups in total. The molecular weight excluding hydrogens is 278 g/mol. The SMILES string of the molecule is Cc1c(Cl)cccc1C(=O)NCC(CC1CC1)C(=O)O. The second-order valence-corrected chi connectivity index (χ2v) is 5.74. The van der Waals surface area contributed by atoms with Crippen LogP contribution in [0, 0.1) is 18.8 Å². The molecule has 0 aromatic heterocycles. The van der Waals surface area contributed by atoms with Crippen LogP contribution in [0.4, 0.5) is 0 Å². The summed E-state index contributed by atoms with van der Waals surface area (Å²) in [6.07, 6.45) is 2.85. The fraction of sp³-hybridized carbons (Fsp3) is 0.467. The molecule has 1 aliphatic carbocycles. The number of carboxylic acid groups (broad SMARTS) is 1. The first-order valence-electron chi connectivity index (χ1n) is 6.75. The van der Waals surface area contributed by atoms with E-state index in [9.17, 15) is 9.59 Å². The van der Waals surface area contributed by atoms with Gasteiger partial charge in [-0.15, -0.1) is 0 Å². The Kier molecular flexibility index (Phi) is 4.65. The number of nitrogens with one attached hydrogen (secondary N) is 1. The molecule has 0 heterocycles. The fourth-order valence-corrected chi connectivity index (χ4v) is 2.37. The average Bonchev–Trinajstić information content (AvgIpc) is 3.21. The van der Waals surface area contributed by atoms with Crippen LogP contribution >= 0.6 is 11.6 Å². The maximum absolute atomic E-state index is 12.1. The highest BCUT2D eigenvalue weighted by molar-refractivity contribution is 6.31. The van der Waals surface area contributed by atoms with Gasteiger partial charge in [0, 0.05) is 17.1 Å². The van der Waals surface area contributed by atoms with Crippen molar-refractivity contribution in [3.63, 3.8) is 0 Å². The lowest BCUT2D eigenvalue weighted by molar-refractivity contribution is -0.141. The van der Waals surface area contributed by atoms with Crippen LogP contribution in [0.15, 0.2) is 18.2 Å². The van der Waals surface area contributed by atoms with Gasteiger partial charge < -0.3 is 10.4 Å². The number of amides is 1. The molecule has 1 saturated carbocycles. The maximum atomic E-state index is 12.1. The van der Waals surface area contributed by atoms with Crippen LogP contribution in [0.1, 0.15) is 35.2 Å². The Bertz CT molecular complexity index is 526. The van der Waals surface area contributed by atoms with E-state index >= 15 is 0 Å². The summed E-state index contributed by atoms with van der Waals surface area (Å²) in [6, 6.07) is 5.12. The molecule has 1 atom stereocenters. The molecule has 0 saturated heterocycles. The molecule has 1 aromatic carbocycles. The van der Waals surface area contributed by atoms with Gasteiger partial charge in [0.05, 0.1) is 5.92 Å². The number of carbonyl (C=O) groups is 2. The van der Waals surface area contributed by atoms with Crippen molar-refractivity contribution in [3.8, 4) is 0 Å². The van der Waals surface area contributed by atoms with Crippen molar-refractivity contribution >= 4 is 23.5 Å². The van der Waals surface area contributed by atoms with Crippen LogP contribution in [0.3, 0.4) is 0 Å². The van der Waals surface area contributed by atoms with E-state index in [1.807, 2.05) is 0 Å². The molecule has 1 amide bonds. The Hall–Kier alpha value is -1.55. The van der Waals surface area contributed by atoms with Gasteiger partial charge in [-0.05, 0) is 37.0 Å². The summed E-state index contributed by atoms with van der Waals surface area (Å²) in [5.74, 6) is -1.11. The lowest BCUT2D eigenvalue weighted by atomic mass is 10.0.